The zero-order valence-corrected chi connectivity index (χ0v) is 18.9. The Labute approximate surface area is 195 Å². The summed E-state index contributed by atoms with van der Waals surface area (Å²) in [5, 5.41) is 2.65. The van der Waals surface area contributed by atoms with Gasteiger partial charge in [0.25, 0.3) is 0 Å². The Morgan fingerprint density at radius 3 is 1.76 bits per heavy atom. The first-order valence-electron chi connectivity index (χ1n) is 11.4. The molecule has 0 amide bonds. The number of fused-ring (bicyclic) bond motifs is 2. The largest absolute Gasteiger partial charge is 0.343 e. The Hall–Kier alpha value is -4.04. The first-order chi connectivity index (χ1) is 16.3. The number of aryl methyl sites for hydroxylation is 1. The van der Waals surface area contributed by atoms with Crippen molar-refractivity contribution in [2.24, 2.45) is 0 Å². The molecule has 0 aliphatic carbocycles. The predicted molar refractivity (Wildman–Crippen MR) is 140 cm³/mol. The van der Waals surface area contributed by atoms with Crippen LogP contribution in [-0.2, 0) is 13.1 Å². The summed E-state index contributed by atoms with van der Waals surface area (Å²) in [6, 6.07) is 40.3. The number of para-hydroxylation sites is 2. The maximum absolute atomic E-state index is 2.32. The summed E-state index contributed by atoms with van der Waals surface area (Å²) in [5.41, 5.74) is 6.63. The lowest BCUT2D eigenvalue weighted by molar-refractivity contribution is 0.834. The Morgan fingerprint density at radius 2 is 1.06 bits per heavy atom. The van der Waals surface area contributed by atoms with Crippen LogP contribution in [0.15, 0.2) is 128 Å². The molecule has 6 aromatic rings. The van der Waals surface area contributed by atoms with E-state index >= 15 is 0 Å². The van der Waals surface area contributed by atoms with Crippen LogP contribution in [0, 0.1) is 6.92 Å². The lowest BCUT2D eigenvalue weighted by Crippen LogP contribution is -1.97. The predicted octanol–water partition coefficient (Wildman–Crippen LogP) is 7.69. The summed E-state index contributed by atoms with van der Waals surface area (Å²) in [7, 11) is 0. The average Bonchev–Trinajstić information content (AvgIpc) is 3.42. The standard InChI is InChI=1S/C16H15N.C15H13N/c1-13-11-17(12-14-7-3-2-4-8-14)16-10-6-5-9-15(13)16;1-2-6-13(7-3-1)12-16-11-10-14-8-4-5-9-15(14)16/h2-11H,12H2,1H3;1-11H,12H2. The zero-order valence-electron chi connectivity index (χ0n) is 18.9. The molecule has 0 N–H and O–H groups in total. The van der Waals surface area contributed by atoms with Gasteiger partial charge in [0.15, 0.2) is 0 Å². The number of nitrogens with zero attached hydrogens (tertiary/aromatic N) is 2. The molecule has 0 spiro atoms. The van der Waals surface area contributed by atoms with Crippen LogP contribution in [0.3, 0.4) is 0 Å². The van der Waals surface area contributed by atoms with E-state index in [1.54, 1.807) is 0 Å². The molecule has 0 bridgehead atoms. The van der Waals surface area contributed by atoms with Gasteiger partial charge in [0.05, 0.1) is 0 Å². The van der Waals surface area contributed by atoms with Gasteiger partial charge in [-0.2, -0.15) is 0 Å². The first kappa shape index (κ1) is 20.8. The Bertz CT molecular complexity index is 1460. The highest BCUT2D eigenvalue weighted by Crippen LogP contribution is 2.21. The Morgan fingerprint density at radius 1 is 0.515 bits per heavy atom. The van der Waals surface area contributed by atoms with Crippen LogP contribution in [0.5, 0.6) is 0 Å². The highest BCUT2D eigenvalue weighted by atomic mass is 15.0. The van der Waals surface area contributed by atoms with Gasteiger partial charge >= 0.3 is 0 Å². The van der Waals surface area contributed by atoms with Crippen molar-refractivity contribution in [3.63, 3.8) is 0 Å². The van der Waals surface area contributed by atoms with E-state index in [4.69, 9.17) is 0 Å². The molecule has 0 saturated carbocycles. The maximum Gasteiger partial charge on any atom is 0.0486 e. The lowest BCUT2D eigenvalue weighted by Gasteiger charge is -2.05. The highest BCUT2D eigenvalue weighted by Gasteiger charge is 2.04. The summed E-state index contributed by atoms with van der Waals surface area (Å²) < 4.78 is 4.60. The zero-order chi connectivity index (χ0) is 22.5. The normalized spacial score (nSPS) is 10.8. The molecular weight excluding hydrogens is 400 g/mol. The molecule has 0 radical (unpaired) electrons. The molecule has 33 heavy (non-hydrogen) atoms. The Balaban J connectivity index is 0.000000139. The van der Waals surface area contributed by atoms with Crippen LogP contribution in [0.2, 0.25) is 0 Å². The third kappa shape index (κ3) is 4.75. The van der Waals surface area contributed by atoms with Crippen LogP contribution in [0.1, 0.15) is 16.7 Å². The quantitative estimate of drug-likeness (QED) is 0.272. The molecule has 2 nitrogen and oxygen atoms in total. The summed E-state index contributed by atoms with van der Waals surface area (Å²) >= 11 is 0. The maximum atomic E-state index is 2.32. The van der Waals surface area contributed by atoms with E-state index in [-0.39, 0.29) is 0 Å². The van der Waals surface area contributed by atoms with Crippen molar-refractivity contribution < 1.29 is 0 Å². The second kappa shape index (κ2) is 9.62. The van der Waals surface area contributed by atoms with Gasteiger partial charge in [-0.15, -0.1) is 0 Å². The average molecular weight is 429 g/mol. The third-order valence-electron chi connectivity index (χ3n) is 6.06. The van der Waals surface area contributed by atoms with Crippen molar-refractivity contribution >= 4 is 21.8 Å². The molecule has 2 aromatic heterocycles. The molecular formula is C31H28N2. The van der Waals surface area contributed by atoms with Crippen molar-refractivity contribution in [2.75, 3.05) is 0 Å². The molecule has 162 valence electrons. The highest BCUT2D eigenvalue weighted by molar-refractivity contribution is 5.83. The van der Waals surface area contributed by atoms with Gasteiger partial charge in [0.2, 0.25) is 0 Å². The van der Waals surface area contributed by atoms with E-state index in [9.17, 15) is 0 Å². The Kier molecular flexibility index (Phi) is 6.08. The van der Waals surface area contributed by atoms with E-state index in [0.29, 0.717) is 0 Å². The van der Waals surface area contributed by atoms with Crippen molar-refractivity contribution in [2.45, 2.75) is 20.0 Å². The van der Waals surface area contributed by atoms with E-state index in [2.05, 4.69) is 144 Å². The number of hydrogen-bond donors (Lipinski definition) is 0. The first-order valence-corrected chi connectivity index (χ1v) is 11.4. The smallest absolute Gasteiger partial charge is 0.0486 e. The minimum absolute atomic E-state index is 0.939. The van der Waals surface area contributed by atoms with Crippen LogP contribution >= 0.6 is 0 Å². The minimum Gasteiger partial charge on any atom is -0.343 e. The number of rotatable bonds is 4. The molecule has 4 aromatic carbocycles. The van der Waals surface area contributed by atoms with Crippen LogP contribution in [0.25, 0.3) is 21.8 Å². The summed E-state index contributed by atoms with van der Waals surface area (Å²) in [6.07, 6.45) is 4.38. The van der Waals surface area contributed by atoms with Gasteiger partial charge in [-0.3, -0.25) is 0 Å². The van der Waals surface area contributed by atoms with Crippen molar-refractivity contribution in [1.82, 2.24) is 9.13 Å². The SMILES string of the molecule is Cc1cn(Cc2ccccc2)c2ccccc12.c1ccc(Cn2ccc3ccccc32)cc1. The van der Waals surface area contributed by atoms with Gasteiger partial charge in [0.1, 0.15) is 0 Å². The molecule has 2 heteroatoms. The van der Waals surface area contributed by atoms with Gasteiger partial charge in [-0.25, -0.2) is 0 Å². The van der Waals surface area contributed by atoms with E-state index in [1.165, 1.54) is 38.5 Å². The van der Waals surface area contributed by atoms with Crippen molar-refractivity contribution in [3.8, 4) is 0 Å². The van der Waals surface area contributed by atoms with Crippen LogP contribution < -0.4 is 0 Å². The fourth-order valence-electron chi connectivity index (χ4n) is 4.40. The molecule has 0 aliphatic heterocycles. The number of hydrogen-bond acceptors (Lipinski definition) is 0. The van der Waals surface area contributed by atoms with E-state index in [0.717, 1.165) is 13.1 Å². The summed E-state index contributed by atoms with van der Waals surface area (Å²) in [5.74, 6) is 0. The number of benzene rings is 4. The fraction of sp³-hybridized carbons (Fsp3) is 0.0968. The van der Waals surface area contributed by atoms with Gasteiger partial charge in [-0.05, 0) is 47.2 Å². The van der Waals surface area contributed by atoms with Crippen LogP contribution in [0.4, 0.5) is 0 Å². The molecule has 6 rings (SSSR count). The van der Waals surface area contributed by atoms with E-state index < -0.39 is 0 Å². The fourth-order valence-corrected chi connectivity index (χ4v) is 4.40. The molecule has 0 atom stereocenters. The molecule has 0 unspecified atom stereocenters. The lowest BCUT2D eigenvalue weighted by atomic mass is 10.2. The van der Waals surface area contributed by atoms with Gasteiger partial charge in [0, 0.05) is 41.9 Å². The minimum atomic E-state index is 0.939. The molecule has 0 fully saturated rings. The second-order valence-corrected chi connectivity index (χ2v) is 8.43. The van der Waals surface area contributed by atoms with Gasteiger partial charge < -0.3 is 9.13 Å². The monoisotopic (exact) mass is 428 g/mol. The third-order valence-corrected chi connectivity index (χ3v) is 6.06. The second-order valence-electron chi connectivity index (χ2n) is 8.43. The number of aromatic nitrogens is 2. The van der Waals surface area contributed by atoms with Crippen molar-refractivity contribution in [1.29, 1.82) is 0 Å². The molecule has 2 heterocycles. The molecule has 0 saturated heterocycles. The molecule has 0 aliphatic rings. The summed E-state index contributed by atoms with van der Waals surface area (Å²) in [6.45, 7) is 4.05. The van der Waals surface area contributed by atoms with Crippen LogP contribution in [-0.4, -0.2) is 9.13 Å². The van der Waals surface area contributed by atoms with Gasteiger partial charge in [-0.1, -0.05) is 97.1 Å². The van der Waals surface area contributed by atoms with Crippen molar-refractivity contribution in [3.05, 3.63) is 144 Å². The van der Waals surface area contributed by atoms with E-state index in [1.807, 2.05) is 0 Å². The topological polar surface area (TPSA) is 9.86 Å². The summed E-state index contributed by atoms with van der Waals surface area (Å²) in [4.78, 5) is 0.